The largest absolute Gasteiger partial charge is 0.473 e. The smallest absolute Gasteiger partial charge is 0.234 e. The molecule has 0 aliphatic heterocycles. The fourth-order valence-electron chi connectivity index (χ4n) is 2.03. The van der Waals surface area contributed by atoms with Crippen LogP contribution < -0.4 is 4.74 Å². The number of rotatable bonds is 2. The fourth-order valence-corrected chi connectivity index (χ4v) is 2.56. The molecule has 1 aliphatic carbocycles. The summed E-state index contributed by atoms with van der Waals surface area (Å²) in [5.74, 6) is 0.396. The number of hydrogen-bond donors (Lipinski definition) is 0. The molecular formula is C12H14Cl3NO. The van der Waals surface area contributed by atoms with Gasteiger partial charge in [0.2, 0.25) is 5.88 Å². The summed E-state index contributed by atoms with van der Waals surface area (Å²) in [7, 11) is 0. The Morgan fingerprint density at radius 1 is 1.00 bits per heavy atom. The maximum atomic E-state index is 6.03. The van der Waals surface area contributed by atoms with Gasteiger partial charge in [-0.2, -0.15) is 4.98 Å². The lowest BCUT2D eigenvalue weighted by molar-refractivity contribution is 0.176. The monoisotopic (exact) mass is 293 g/mol. The Hall–Kier alpha value is -0.180. The zero-order valence-electron chi connectivity index (χ0n) is 9.39. The number of pyridine rings is 1. The number of aromatic nitrogens is 1. The lowest BCUT2D eigenvalue weighted by atomic mass is 10.1. The first-order chi connectivity index (χ1) is 8.16. The van der Waals surface area contributed by atoms with E-state index in [4.69, 9.17) is 39.5 Å². The quantitative estimate of drug-likeness (QED) is 0.556. The first-order valence-corrected chi connectivity index (χ1v) is 6.98. The average molecular weight is 295 g/mol. The standard InChI is InChI=1S/C12H14Cl3NO/c13-9-7-10(14)12(16-11(9)15)17-8-5-3-1-2-4-6-8/h7-8H,1-6H2. The summed E-state index contributed by atoms with van der Waals surface area (Å²) in [4.78, 5) is 4.08. The van der Waals surface area contributed by atoms with Crippen LogP contribution in [0.25, 0.3) is 0 Å². The van der Waals surface area contributed by atoms with Gasteiger partial charge in [-0.25, -0.2) is 0 Å². The molecule has 0 bridgehead atoms. The van der Waals surface area contributed by atoms with Crippen molar-refractivity contribution in [1.29, 1.82) is 0 Å². The maximum Gasteiger partial charge on any atom is 0.234 e. The average Bonchev–Trinajstić information content (AvgIpc) is 2.54. The topological polar surface area (TPSA) is 22.1 Å². The highest BCUT2D eigenvalue weighted by Gasteiger charge is 2.17. The van der Waals surface area contributed by atoms with Crippen molar-refractivity contribution in [3.8, 4) is 5.88 Å². The van der Waals surface area contributed by atoms with Crippen LogP contribution in [0, 0.1) is 0 Å². The zero-order chi connectivity index (χ0) is 12.3. The molecule has 1 aromatic heterocycles. The molecule has 0 N–H and O–H groups in total. The number of nitrogens with zero attached hydrogens (tertiary/aromatic N) is 1. The van der Waals surface area contributed by atoms with E-state index in [1.54, 1.807) is 6.07 Å². The van der Waals surface area contributed by atoms with Crippen molar-refractivity contribution in [2.24, 2.45) is 0 Å². The van der Waals surface area contributed by atoms with Gasteiger partial charge in [0.05, 0.1) is 5.02 Å². The third-order valence-electron chi connectivity index (χ3n) is 2.94. The van der Waals surface area contributed by atoms with Crippen molar-refractivity contribution in [2.75, 3.05) is 0 Å². The summed E-state index contributed by atoms with van der Waals surface area (Å²) in [6, 6.07) is 1.57. The summed E-state index contributed by atoms with van der Waals surface area (Å²) < 4.78 is 5.82. The zero-order valence-corrected chi connectivity index (χ0v) is 11.7. The van der Waals surface area contributed by atoms with E-state index in [0.717, 1.165) is 12.8 Å². The molecule has 0 aromatic carbocycles. The third kappa shape index (κ3) is 3.64. The number of ether oxygens (including phenoxy) is 1. The van der Waals surface area contributed by atoms with Gasteiger partial charge < -0.3 is 4.74 Å². The number of hydrogen-bond acceptors (Lipinski definition) is 2. The lowest BCUT2D eigenvalue weighted by Gasteiger charge is -2.17. The van der Waals surface area contributed by atoms with Gasteiger partial charge in [-0.1, -0.05) is 47.6 Å². The highest BCUT2D eigenvalue weighted by atomic mass is 35.5. The first kappa shape index (κ1) is 13.3. The Bertz CT molecular complexity index is 390. The molecule has 1 heterocycles. The van der Waals surface area contributed by atoms with Crippen molar-refractivity contribution in [2.45, 2.75) is 44.6 Å². The second-order valence-electron chi connectivity index (χ2n) is 4.28. The summed E-state index contributed by atoms with van der Waals surface area (Å²) >= 11 is 17.7. The van der Waals surface area contributed by atoms with Gasteiger partial charge in [-0.05, 0) is 31.7 Å². The van der Waals surface area contributed by atoms with E-state index < -0.39 is 0 Å². The summed E-state index contributed by atoms with van der Waals surface area (Å²) in [5.41, 5.74) is 0. The summed E-state index contributed by atoms with van der Waals surface area (Å²) in [6.45, 7) is 0. The van der Waals surface area contributed by atoms with Gasteiger partial charge in [0.1, 0.15) is 11.1 Å². The molecule has 1 aliphatic rings. The van der Waals surface area contributed by atoms with E-state index in [1.807, 2.05) is 0 Å². The Morgan fingerprint density at radius 3 is 2.29 bits per heavy atom. The molecule has 94 valence electrons. The van der Waals surface area contributed by atoms with Gasteiger partial charge in [-0.15, -0.1) is 0 Å². The molecule has 1 saturated carbocycles. The molecule has 17 heavy (non-hydrogen) atoms. The van der Waals surface area contributed by atoms with Crippen molar-refractivity contribution in [3.63, 3.8) is 0 Å². The van der Waals surface area contributed by atoms with Crippen LogP contribution in [-0.4, -0.2) is 11.1 Å². The molecule has 2 nitrogen and oxygen atoms in total. The van der Waals surface area contributed by atoms with Crippen molar-refractivity contribution in [3.05, 3.63) is 21.3 Å². The predicted octanol–water partition coefficient (Wildman–Crippen LogP) is 5.14. The minimum absolute atomic E-state index is 0.194. The van der Waals surface area contributed by atoms with Crippen molar-refractivity contribution in [1.82, 2.24) is 4.98 Å². The molecule has 1 aromatic rings. The molecule has 2 rings (SSSR count). The predicted molar refractivity (Wildman–Crippen MR) is 71.4 cm³/mol. The second-order valence-corrected chi connectivity index (χ2v) is 5.45. The van der Waals surface area contributed by atoms with Crippen LogP contribution in [0.15, 0.2) is 6.07 Å². The van der Waals surface area contributed by atoms with Crippen LogP contribution in [0.5, 0.6) is 5.88 Å². The van der Waals surface area contributed by atoms with Crippen molar-refractivity contribution >= 4 is 34.8 Å². The summed E-state index contributed by atoms with van der Waals surface area (Å²) in [6.07, 6.45) is 7.26. The van der Waals surface area contributed by atoms with Gasteiger partial charge in [0.25, 0.3) is 0 Å². The van der Waals surface area contributed by atoms with Gasteiger partial charge in [0, 0.05) is 0 Å². The molecule has 0 unspecified atom stereocenters. The van der Waals surface area contributed by atoms with E-state index in [9.17, 15) is 0 Å². The normalized spacial score (nSPS) is 17.8. The van der Waals surface area contributed by atoms with Crippen LogP contribution in [0.1, 0.15) is 38.5 Å². The molecular weight excluding hydrogens is 280 g/mol. The van der Waals surface area contributed by atoms with Gasteiger partial charge in [-0.3, -0.25) is 0 Å². The second kappa shape index (κ2) is 6.12. The van der Waals surface area contributed by atoms with Crippen LogP contribution in [0.3, 0.4) is 0 Å². The fraction of sp³-hybridized carbons (Fsp3) is 0.583. The Kier molecular flexibility index (Phi) is 4.78. The third-order valence-corrected chi connectivity index (χ3v) is 3.88. The molecule has 0 radical (unpaired) electrons. The molecule has 5 heteroatoms. The van der Waals surface area contributed by atoms with Gasteiger partial charge in [0.15, 0.2) is 5.15 Å². The van der Waals surface area contributed by atoms with Crippen LogP contribution >= 0.6 is 34.8 Å². The molecule has 0 spiro atoms. The molecule has 0 saturated heterocycles. The van der Waals surface area contributed by atoms with Crippen LogP contribution in [0.2, 0.25) is 15.2 Å². The minimum Gasteiger partial charge on any atom is -0.473 e. The van der Waals surface area contributed by atoms with Crippen LogP contribution in [0.4, 0.5) is 0 Å². The Labute approximate surface area is 116 Å². The van der Waals surface area contributed by atoms with Crippen molar-refractivity contribution < 1.29 is 4.74 Å². The molecule has 0 amide bonds. The Balaban J connectivity index is 2.09. The van der Waals surface area contributed by atoms with Gasteiger partial charge >= 0.3 is 0 Å². The number of halogens is 3. The van der Waals surface area contributed by atoms with E-state index in [0.29, 0.717) is 15.9 Å². The van der Waals surface area contributed by atoms with E-state index >= 15 is 0 Å². The maximum absolute atomic E-state index is 6.03. The first-order valence-electron chi connectivity index (χ1n) is 5.85. The van der Waals surface area contributed by atoms with E-state index in [1.165, 1.54) is 25.7 Å². The van der Waals surface area contributed by atoms with E-state index in [-0.39, 0.29) is 11.3 Å². The molecule has 1 fully saturated rings. The van der Waals surface area contributed by atoms with Crippen LogP contribution in [-0.2, 0) is 0 Å². The highest BCUT2D eigenvalue weighted by Crippen LogP contribution is 2.32. The van der Waals surface area contributed by atoms with E-state index in [2.05, 4.69) is 4.98 Å². The highest BCUT2D eigenvalue weighted by molar-refractivity contribution is 6.42. The lowest BCUT2D eigenvalue weighted by Crippen LogP contribution is -2.16. The SMILES string of the molecule is Clc1cc(Cl)c(OC2CCCCCC2)nc1Cl. The summed E-state index contributed by atoms with van der Waals surface area (Å²) in [5, 5.41) is 1.01. The molecule has 0 atom stereocenters. The Morgan fingerprint density at radius 2 is 1.65 bits per heavy atom. The minimum atomic E-state index is 0.194.